The number of rotatable bonds is 8. The van der Waals surface area contributed by atoms with Crippen LogP contribution in [0.2, 0.25) is 0 Å². The van der Waals surface area contributed by atoms with E-state index in [-0.39, 0.29) is 5.92 Å². The number of hydrogen-bond acceptors (Lipinski definition) is 8. The molecule has 0 radical (unpaired) electrons. The SMILES string of the molecule is C=C(/C(=C\NC(N)c1c(O)c(O)c(O)c(O)c1O)c1cccc(C2C=NC=CC2)c1)c1cccc(C2=c3ccccc3=CC[C@@H]2C)c1. The molecule has 0 saturated heterocycles. The highest BCUT2D eigenvalue weighted by molar-refractivity contribution is 6.04. The molecular weight excluding hydrogens is 590 g/mol. The van der Waals surface area contributed by atoms with Crippen LogP contribution < -0.4 is 21.5 Å². The molecule has 0 bridgehead atoms. The van der Waals surface area contributed by atoms with E-state index in [4.69, 9.17) is 5.73 Å². The summed E-state index contributed by atoms with van der Waals surface area (Å²) in [4.78, 5) is 4.32. The minimum Gasteiger partial charge on any atom is -0.504 e. The number of hydrogen-bond donors (Lipinski definition) is 7. The lowest BCUT2D eigenvalue weighted by Crippen LogP contribution is -2.32. The molecule has 0 saturated carbocycles. The molecule has 6 rings (SSSR count). The molecular formula is C39H37N3O5. The van der Waals surface area contributed by atoms with Gasteiger partial charge in [0.1, 0.15) is 6.17 Å². The molecule has 0 spiro atoms. The monoisotopic (exact) mass is 627 g/mol. The third kappa shape index (κ3) is 5.98. The van der Waals surface area contributed by atoms with Crippen LogP contribution in [0.15, 0.2) is 103 Å². The van der Waals surface area contributed by atoms with Gasteiger partial charge in [0.25, 0.3) is 0 Å². The van der Waals surface area contributed by atoms with Gasteiger partial charge in [-0.2, -0.15) is 0 Å². The Kier molecular flexibility index (Phi) is 8.61. The average molecular weight is 628 g/mol. The zero-order valence-corrected chi connectivity index (χ0v) is 25.9. The normalized spacial score (nSPS) is 17.9. The predicted octanol–water partition coefficient (Wildman–Crippen LogP) is 5.61. The van der Waals surface area contributed by atoms with Crippen molar-refractivity contribution in [2.24, 2.45) is 16.6 Å². The number of nitrogens with two attached hydrogens (primary N) is 1. The van der Waals surface area contributed by atoms with Gasteiger partial charge in [-0.3, -0.25) is 4.99 Å². The first-order chi connectivity index (χ1) is 22.7. The summed E-state index contributed by atoms with van der Waals surface area (Å²) < 4.78 is 0. The van der Waals surface area contributed by atoms with Gasteiger partial charge in [0.2, 0.25) is 17.2 Å². The topological polar surface area (TPSA) is 152 Å². The molecule has 4 aromatic carbocycles. The second kappa shape index (κ2) is 12.9. The van der Waals surface area contributed by atoms with Gasteiger partial charge < -0.3 is 36.6 Å². The molecule has 1 aliphatic heterocycles. The molecule has 238 valence electrons. The number of fused-ring (bicyclic) bond motifs is 1. The highest BCUT2D eigenvalue weighted by Gasteiger charge is 2.27. The number of allylic oxidation sites excluding steroid dienone is 3. The third-order valence-electron chi connectivity index (χ3n) is 8.88. The minimum absolute atomic E-state index is 0.103. The van der Waals surface area contributed by atoms with Crippen LogP contribution in [0.4, 0.5) is 0 Å². The van der Waals surface area contributed by atoms with Crippen LogP contribution >= 0.6 is 0 Å². The predicted molar refractivity (Wildman–Crippen MR) is 186 cm³/mol. The van der Waals surface area contributed by atoms with Gasteiger partial charge in [0, 0.05) is 30.1 Å². The molecule has 8 N–H and O–H groups in total. The second-order valence-corrected chi connectivity index (χ2v) is 11.9. The van der Waals surface area contributed by atoms with Crippen molar-refractivity contribution in [3.05, 3.63) is 136 Å². The molecule has 0 fully saturated rings. The van der Waals surface area contributed by atoms with Crippen LogP contribution in [0.25, 0.3) is 22.8 Å². The lowest BCUT2D eigenvalue weighted by atomic mass is 9.84. The number of phenols is 5. The van der Waals surface area contributed by atoms with Gasteiger partial charge in [0.15, 0.2) is 11.5 Å². The summed E-state index contributed by atoms with van der Waals surface area (Å²) in [5.74, 6) is -4.34. The maximum absolute atomic E-state index is 10.5. The summed E-state index contributed by atoms with van der Waals surface area (Å²) in [6.45, 7) is 6.74. The van der Waals surface area contributed by atoms with Gasteiger partial charge in [-0.25, -0.2) is 0 Å². The van der Waals surface area contributed by atoms with Gasteiger partial charge in [-0.05, 0) is 68.7 Å². The fourth-order valence-electron chi connectivity index (χ4n) is 6.32. The Morgan fingerprint density at radius 3 is 2.32 bits per heavy atom. The first-order valence-electron chi connectivity index (χ1n) is 15.4. The molecule has 2 aliphatic rings. The first kappa shape index (κ1) is 31.3. The van der Waals surface area contributed by atoms with E-state index < -0.39 is 40.5 Å². The molecule has 1 aliphatic carbocycles. The number of phenolic OH excluding ortho intramolecular Hbond substituents is 5. The summed E-state index contributed by atoms with van der Waals surface area (Å²) in [5.41, 5.74) is 12.5. The van der Waals surface area contributed by atoms with E-state index in [2.05, 4.69) is 72.4 Å². The Morgan fingerprint density at radius 2 is 1.57 bits per heavy atom. The highest BCUT2D eigenvalue weighted by Crippen LogP contribution is 2.52. The van der Waals surface area contributed by atoms with E-state index in [0.717, 1.165) is 35.1 Å². The smallest absolute Gasteiger partial charge is 0.208 e. The first-order valence-corrected chi connectivity index (χ1v) is 15.4. The lowest BCUT2D eigenvalue weighted by molar-refractivity contribution is 0.320. The summed E-state index contributed by atoms with van der Waals surface area (Å²) in [7, 11) is 0. The summed E-state index contributed by atoms with van der Waals surface area (Å²) >= 11 is 0. The molecule has 1 heterocycles. The van der Waals surface area contributed by atoms with Crippen LogP contribution in [0.5, 0.6) is 28.7 Å². The number of nitrogens with one attached hydrogen (secondary N) is 1. The molecule has 4 aromatic rings. The number of aliphatic imine (C=N–C) groups is 1. The standard InChI is InChI=1S/C39H37N3O5/c1-22-15-16-24-8-3-4-14-30(24)32(22)28-12-5-9-25(18-28)23(2)31(27-11-6-10-26(19-27)29-13-7-17-41-20-29)21-42-39(40)33-34(43)36(45)38(47)37(46)35(33)44/h3-12,14,16-22,29,39,42-47H,2,13,15,40H2,1H3/b31-21+/t22-,29?,39?/m0/s1. The second-order valence-electron chi connectivity index (χ2n) is 11.9. The highest BCUT2D eigenvalue weighted by atomic mass is 16.4. The van der Waals surface area contributed by atoms with Crippen LogP contribution in [0.1, 0.15) is 59.7 Å². The minimum atomic E-state index is -1.30. The Hall–Kier alpha value is -5.73. The van der Waals surface area contributed by atoms with Gasteiger partial charge in [-0.15, -0.1) is 0 Å². The van der Waals surface area contributed by atoms with E-state index in [1.165, 1.54) is 16.0 Å². The van der Waals surface area contributed by atoms with E-state index in [1.807, 2.05) is 42.6 Å². The van der Waals surface area contributed by atoms with Gasteiger partial charge >= 0.3 is 0 Å². The zero-order chi connectivity index (χ0) is 33.2. The average Bonchev–Trinajstić information content (AvgIpc) is 3.10. The number of benzene rings is 4. The van der Waals surface area contributed by atoms with Crippen LogP contribution in [-0.2, 0) is 0 Å². The van der Waals surface area contributed by atoms with Crippen molar-refractivity contribution < 1.29 is 25.5 Å². The largest absolute Gasteiger partial charge is 0.504 e. The zero-order valence-electron chi connectivity index (χ0n) is 25.9. The van der Waals surface area contributed by atoms with Crippen molar-refractivity contribution in [2.45, 2.75) is 31.8 Å². The molecule has 8 heteroatoms. The van der Waals surface area contributed by atoms with Gasteiger partial charge in [-0.1, -0.05) is 92.4 Å². The molecule has 3 atom stereocenters. The Morgan fingerprint density at radius 1 is 0.872 bits per heavy atom. The van der Waals surface area contributed by atoms with Crippen LogP contribution in [0, 0.1) is 5.92 Å². The quantitative estimate of drug-likeness (QED) is 0.0581. The van der Waals surface area contributed by atoms with E-state index >= 15 is 0 Å². The third-order valence-corrected chi connectivity index (χ3v) is 8.88. The van der Waals surface area contributed by atoms with E-state index in [9.17, 15) is 25.5 Å². The summed E-state index contributed by atoms with van der Waals surface area (Å²) in [6.07, 6.45) is 10.1. The molecule has 8 nitrogen and oxygen atoms in total. The van der Waals surface area contributed by atoms with Gasteiger partial charge in [0.05, 0.1) is 5.56 Å². The van der Waals surface area contributed by atoms with Crippen molar-refractivity contribution in [1.82, 2.24) is 5.32 Å². The Balaban J connectivity index is 1.44. The summed E-state index contributed by atoms with van der Waals surface area (Å²) in [6, 6.07) is 24.7. The number of aromatic hydroxyl groups is 5. The fraction of sp³-hybridized carbons (Fsp3) is 0.154. The van der Waals surface area contributed by atoms with E-state index in [0.29, 0.717) is 17.1 Å². The maximum atomic E-state index is 10.5. The Bertz CT molecular complexity index is 2070. The summed E-state index contributed by atoms with van der Waals surface area (Å²) in [5, 5.41) is 56.4. The Labute approximate surface area is 272 Å². The fourth-order valence-corrected chi connectivity index (χ4v) is 6.32. The van der Waals surface area contributed by atoms with Crippen molar-refractivity contribution in [3.8, 4) is 28.7 Å². The molecule has 0 aromatic heterocycles. The lowest BCUT2D eigenvalue weighted by Gasteiger charge is -2.22. The van der Waals surface area contributed by atoms with Crippen molar-refractivity contribution in [3.63, 3.8) is 0 Å². The van der Waals surface area contributed by atoms with Crippen LogP contribution in [0.3, 0.4) is 0 Å². The van der Waals surface area contributed by atoms with Crippen molar-refractivity contribution >= 4 is 29.0 Å². The molecule has 47 heavy (non-hydrogen) atoms. The van der Waals surface area contributed by atoms with Crippen LogP contribution in [-0.4, -0.2) is 31.7 Å². The van der Waals surface area contributed by atoms with E-state index in [1.54, 1.807) is 12.4 Å². The molecule has 0 amide bonds. The molecule has 2 unspecified atom stereocenters. The van der Waals surface area contributed by atoms with Crippen molar-refractivity contribution in [1.29, 1.82) is 0 Å². The van der Waals surface area contributed by atoms with Crippen molar-refractivity contribution in [2.75, 3.05) is 0 Å². The number of nitrogens with zero attached hydrogens (tertiary/aromatic N) is 1. The maximum Gasteiger partial charge on any atom is 0.208 e.